The lowest BCUT2D eigenvalue weighted by Crippen LogP contribution is -2.49. The molecule has 0 radical (unpaired) electrons. The van der Waals surface area contributed by atoms with Crippen LogP contribution in [0.2, 0.25) is 0 Å². The molecule has 1 aromatic heterocycles. The van der Waals surface area contributed by atoms with Gasteiger partial charge < -0.3 is 15.0 Å². The van der Waals surface area contributed by atoms with Crippen molar-refractivity contribution in [3.8, 4) is 0 Å². The molecule has 0 saturated carbocycles. The van der Waals surface area contributed by atoms with E-state index in [0.29, 0.717) is 12.0 Å². The maximum absolute atomic E-state index is 5.76. The fourth-order valence-corrected chi connectivity index (χ4v) is 4.87. The molecular weight excluding hydrogens is 344 g/mol. The summed E-state index contributed by atoms with van der Waals surface area (Å²) in [5.41, 5.74) is 0. The maximum Gasteiger partial charge on any atom is 0.193 e. The zero-order chi connectivity index (χ0) is 18.2. The number of thiophene rings is 1. The first kappa shape index (κ1) is 19.6. The molecule has 1 atom stereocenters. The molecule has 146 valence electrons. The van der Waals surface area contributed by atoms with E-state index < -0.39 is 0 Å². The molecule has 0 aliphatic carbocycles. The third-order valence-corrected chi connectivity index (χ3v) is 6.33. The number of ether oxygens (including phenoxy) is 1. The predicted molar refractivity (Wildman–Crippen MR) is 110 cm³/mol. The first-order chi connectivity index (χ1) is 12.8. The minimum atomic E-state index is 0.429. The van der Waals surface area contributed by atoms with Gasteiger partial charge in [-0.3, -0.25) is 9.89 Å². The Kier molecular flexibility index (Phi) is 7.77. The number of likely N-dealkylation sites (tertiary alicyclic amines) is 2. The highest BCUT2D eigenvalue weighted by molar-refractivity contribution is 7.09. The Morgan fingerprint density at radius 2 is 2.15 bits per heavy atom. The van der Waals surface area contributed by atoms with Gasteiger partial charge in [-0.25, -0.2) is 0 Å². The third kappa shape index (κ3) is 5.69. The van der Waals surface area contributed by atoms with E-state index in [1.165, 1.54) is 30.8 Å². The molecule has 1 aromatic rings. The summed E-state index contributed by atoms with van der Waals surface area (Å²) in [5, 5.41) is 5.82. The zero-order valence-corrected chi connectivity index (χ0v) is 17.1. The number of guanidine groups is 1. The second kappa shape index (κ2) is 10.3. The third-order valence-electron chi connectivity index (χ3n) is 5.47. The molecule has 0 spiro atoms. The van der Waals surface area contributed by atoms with Crippen LogP contribution in [-0.4, -0.2) is 68.2 Å². The molecule has 0 amide bonds. The topological polar surface area (TPSA) is 40.1 Å². The molecule has 2 fully saturated rings. The van der Waals surface area contributed by atoms with Crippen LogP contribution in [0.4, 0.5) is 0 Å². The van der Waals surface area contributed by atoms with Gasteiger partial charge in [0.2, 0.25) is 0 Å². The Morgan fingerprint density at radius 1 is 1.31 bits per heavy atom. The molecule has 3 rings (SSSR count). The van der Waals surface area contributed by atoms with Crippen molar-refractivity contribution < 1.29 is 4.74 Å². The molecule has 1 unspecified atom stereocenters. The molecule has 6 heteroatoms. The van der Waals surface area contributed by atoms with Gasteiger partial charge in [-0.1, -0.05) is 6.07 Å². The summed E-state index contributed by atoms with van der Waals surface area (Å²) in [6.45, 7) is 9.54. The van der Waals surface area contributed by atoms with Crippen molar-refractivity contribution in [1.82, 2.24) is 15.1 Å². The van der Waals surface area contributed by atoms with Gasteiger partial charge in [-0.05, 0) is 56.5 Å². The van der Waals surface area contributed by atoms with Gasteiger partial charge in [0.1, 0.15) is 0 Å². The van der Waals surface area contributed by atoms with Gasteiger partial charge in [0.25, 0.3) is 0 Å². The van der Waals surface area contributed by atoms with E-state index >= 15 is 0 Å². The minimum absolute atomic E-state index is 0.429. The van der Waals surface area contributed by atoms with E-state index in [-0.39, 0.29) is 0 Å². The molecule has 0 bridgehead atoms. The molecule has 5 nitrogen and oxygen atoms in total. The van der Waals surface area contributed by atoms with E-state index in [0.717, 1.165) is 51.6 Å². The monoisotopic (exact) mass is 378 g/mol. The average molecular weight is 379 g/mol. The number of nitrogens with one attached hydrogen (secondary N) is 1. The summed E-state index contributed by atoms with van der Waals surface area (Å²) in [6, 6.07) is 4.40. The Balaban J connectivity index is 1.42. The predicted octanol–water partition coefficient (Wildman–Crippen LogP) is 3.04. The highest BCUT2D eigenvalue weighted by Gasteiger charge is 2.24. The zero-order valence-electron chi connectivity index (χ0n) is 16.3. The average Bonchev–Trinajstić information content (AvgIpc) is 3.17. The standard InChI is InChI=1S/C20H34N4OS/c1-3-25-18-8-11-24(12-9-18)20(21-2)22-14-17-6-4-10-23(15-17)16-19-7-5-13-26-19/h5,7,13,17-18H,3-4,6,8-12,14-16H2,1-2H3,(H,21,22). The molecule has 2 aliphatic rings. The molecular formula is C20H34N4OS. The van der Waals surface area contributed by atoms with E-state index in [2.05, 4.69) is 44.5 Å². The summed E-state index contributed by atoms with van der Waals surface area (Å²) < 4.78 is 5.76. The summed E-state index contributed by atoms with van der Waals surface area (Å²) in [6.07, 6.45) is 5.26. The van der Waals surface area contributed by atoms with Gasteiger partial charge in [0.05, 0.1) is 6.10 Å². The highest BCUT2D eigenvalue weighted by Crippen LogP contribution is 2.20. The summed E-state index contributed by atoms with van der Waals surface area (Å²) in [4.78, 5) is 11.0. The van der Waals surface area contributed by atoms with Crippen molar-refractivity contribution >= 4 is 17.3 Å². The smallest absolute Gasteiger partial charge is 0.193 e. The number of hydrogen-bond donors (Lipinski definition) is 1. The fourth-order valence-electron chi connectivity index (χ4n) is 4.12. The maximum atomic E-state index is 5.76. The number of hydrogen-bond acceptors (Lipinski definition) is 4. The van der Waals surface area contributed by atoms with E-state index in [1.54, 1.807) is 0 Å². The first-order valence-corrected chi connectivity index (χ1v) is 11.0. The van der Waals surface area contributed by atoms with Crippen LogP contribution < -0.4 is 5.32 Å². The van der Waals surface area contributed by atoms with Gasteiger partial charge in [-0.2, -0.15) is 0 Å². The lowest BCUT2D eigenvalue weighted by molar-refractivity contribution is 0.0263. The molecule has 3 heterocycles. The second-order valence-electron chi connectivity index (χ2n) is 7.39. The summed E-state index contributed by atoms with van der Waals surface area (Å²) >= 11 is 1.87. The van der Waals surface area contributed by atoms with E-state index in [9.17, 15) is 0 Å². The Hall–Kier alpha value is -1.11. The lowest BCUT2D eigenvalue weighted by atomic mass is 9.98. The molecule has 2 aliphatic heterocycles. The lowest BCUT2D eigenvalue weighted by Gasteiger charge is -2.36. The van der Waals surface area contributed by atoms with Crippen molar-refractivity contribution in [3.63, 3.8) is 0 Å². The van der Waals surface area contributed by atoms with Crippen LogP contribution in [0.3, 0.4) is 0 Å². The van der Waals surface area contributed by atoms with Crippen molar-refractivity contribution in [2.75, 3.05) is 46.4 Å². The van der Waals surface area contributed by atoms with Crippen LogP contribution in [0.25, 0.3) is 0 Å². The van der Waals surface area contributed by atoms with Crippen molar-refractivity contribution in [2.24, 2.45) is 10.9 Å². The van der Waals surface area contributed by atoms with Crippen molar-refractivity contribution in [2.45, 2.75) is 45.3 Å². The first-order valence-electron chi connectivity index (χ1n) is 10.1. The highest BCUT2D eigenvalue weighted by atomic mass is 32.1. The largest absolute Gasteiger partial charge is 0.378 e. The van der Waals surface area contributed by atoms with Crippen LogP contribution in [0.5, 0.6) is 0 Å². The summed E-state index contributed by atoms with van der Waals surface area (Å²) in [7, 11) is 1.90. The normalized spacial score (nSPS) is 23.4. The van der Waals surface area contributed by atoms with Crippen LogP contribution >= 0.6 is 11.3 Å². The van der Waals surface area contributed by atoms with E-state index in [1.807, 2.05) is 18.4 Å². The Morgan fingerprint density at radius 3 is 2.85 bits per heavy atom. The van der Waals surface area contributed by atoms with Gasteiger partial charge in [0.15, 0.2) is 5.96 Å². The fraction of sp³-hybridized carbons (Fsp3) is 0.750. The van der Waals surface area contributed by atoms with Gasteiger partial charge in [0, 0.05) is 51.3 Å². The van der Waals surface area contributed by atoms with Gasteiger partial charge >= 0.3 is 0 Å². The molecule has 0 aromatic carbocycles. The number of rotatable bonds is 6. The van der Waals surface area contributed by atoms with Crippen molar-refractivity contribution in [3.05, 3.63) is 22.4 Å². The molecule has 2 saturated heterocycles. The van der Waals surface area contributed by atoms with Crippen LogP contribution in [0, 0.1) is 5.92 Å². The Bertz CT molecular complexity index is 540. The van der Waals surface area contributed by atoms with Gasteiger partial charge in [-0.15, -0.1) is 11.3 Å². The van der Waals surface area contributed by atoms with Crippen LogP contribution in [-0.2, 0) is 11.3 Å². The number of nitrogens with zero attached hydrogens (tertiary/aromatic N) is 3. The SMILES string of the molecule is CCOC1CCN(C(=NC)NCC2CCCN(Cc3cccs3)C2)CC1. The molecule has 26 heavy (non-hydrogen) atoms. The van der Waals surface area contributed by atoms with Crippen molar-refractivity contribution in [1.29, 1.82) is 0 Å². The minimum Gasteiger partial charge on any atom is -0.378 e. The van der Waals surface area contributed by atoms with Crippen LogP contribution in [0.15, 0.2) is 22.5 Å². The van der Waals surface area contributed by atoms with E-state index in [4.69, 9.17) is 4.74 Å². The van der Waals surface area contributed by atoms with Crippen LogP contribution in [0.1, 0.15) is 37.5 Å². The number of aliphatic imine (C=N–C) groups is 1. The Labute approximate surface area is 162 Å². The number of piperidine rings is 2. The second-order valence-corrected chi connectivity index (χ2v) is 8.42. The summed E-state index contributed by atoms with van der Waals surface area (Å²) in [5.74, 6) is 1.77. The quantitative estimate of drug-likeness (QED) is 0.610. The molecule has 1 N–H and O–H groups in total.